The van der Waals surface area contributed by atoms with E-state index in [0.29, 0.717) is 41.1 Å². The fourth-order valence-corrected chi connectivity index (χ4v) is 5.90. The molecule has 4 rings (SSSR count). The Morgan fingerprint density at radius 1 is 1.00 bits per heavy atom. The number of alkyl halides is 3. The minimum absolute atomic E-state index is 0.0976. The Balaban J connectivity index is 0.00000114. The molecule has 1 N–H and O–H groups in total. The SMILES string of the molecule is COCCN(C)C(=O)c1ccc(N2CCC(CC3CCN(C(=O)[C@H](O)c4ccccc4)CC3)CC2)cc1Cl.FC(F)F. The average Bonchev–Trinajstić information content (AvgIpc) is 2.99. The van der Waals surface area contributed by atoms with Crippen molar-refractivity contribution < 1.29 is 32.6 Å². The zero-order valence-electron chi connectivity index (χ0n) is 24.2. The summed E-state index contributed by atoms with van der Waals surface area (Å²) >= 11 is 6.52. The summed E-state index contributed by atoms with van der Waals surface area (Å²) < 4.78 is 34.1. The number of aliphatic hydroxyl groups excluding tert-OH is 1. The van der Waals surface area contributed by atoms with Gasteiger partial charge in [0.25, 0.3) is 11.8 Å². The van der Waals surface area contributed by atoms with Crippen molar-refractivity contribution in [3.63, 3.8) is 0 Å². The summed E-state index contributed by atoms with van der Waals surface area (Å²) in [6.07, 6.45) is 4.37. The molecule has 0 bridgehead atoms. The highest BCUT2D eigenvalue weighted by molar-refractivity contribution is 6.34. The Morgan fingerprint density at radius 2 is 1.57 bits per heavy atom. The third-order valence-electron chi connectivity index (χ3n) is 8.08. The molecule has 2 amide bonds. The number of anilines is 1. The van der Waals surface area contributed by atoms with Gasteiger partial charge in [0.1, 0.15) is 0 Å². The highest BCUT2D eigenvalue weighted by atomic mass is 35.5. The largest absolute Gasteiger partial charge is 0.383 e. The molecular weight excluding hydrogens is 571 g/mol. The molecule has 2 heterocycles. The van der Waals surface area contributed by atoms with Crippen LogP contribution in [0.5, 0.6) is 0 Å². The van der Waals surface area contributed by atoms with E-state index in [1.807, 2.05) is 41.3 Å². The number of methoxy groups -OCH3 is 1. The molecule has 2 aromatic carbocycles. The van der Waals surface area contributed by atoms with E-state index in [1.54, 1.807) is 31.2 Å². The zero-order valence-corrected chi connectivity index (χ0v) is 25.0. The standard InChI is InChI=1S/C30H40ClN3O4.CHF3/c1-32(18-19-38-2)29(36)26-9-8-25(21-27(26)31)33-14-10-22(11-15-33)20-23-12-16-34(17-13-23)30(37)28(35)24-6-4-3-5-7-24;2-1(3)4/h3-9,21-23,28,35H,10-20H2,1-2H3;1H/t28-;/m1./s1. The van der Waals surface area contributed by atoms with Crippen molar-refractivity contribution >= 4 is 29.1 Å². The van der Waals surface area contributed by atoms with Crippen molar-refractivity contribution in [2.24, 2.45) is 11.8 Å². The quantitative estimate of drug-likeness (QED) is 0.387. The average molecular weight is 612 g/mol. The lowest BCUT2D eigenvalue weighted by Gasteiger charge is -2.38. The second-order valence-electron chi connectivity index (χ2n) is 10.9. The van der Waals surface area contributed by atoms with Gasteiger partial charge in [-0.2, -0.15) is 13.2 Å². The van der Waals surface area contributed by atoms with Crippen LogP contribution in [0.2, 0.25) is 5.02 Å². The number of piperidine rings is 2. The predicted octanol–water partition coefficient (Wildman–Crippen LogP) is 5.82. The van der Waals surface area contributed by atoms with Crippen LogP contribution in [0, 0.1) is 11.8 Å². The van der Waals surface area contributed by atoms with Crippen LogP contribution in [0.25, 0.3) is 0 Å². The topological polar surface area (TPSA) is 73.3 Å². The lowest BCUT2D eigenvalue weighted by Crippen LogP contribution is -2.42. The first-order chi connectivity index (χ1) is 20.1. The first-order valence-corrected chi connectivity index (χ1v) is 14.7. The van der Waals surface area contributed by atoms with Crippen molar-refractivity contribution in [1.29, 1.82) is 0 Å². The number of nitrogens with zero attached hydrogens (tertiary/aromatic N) is 3. The van der Waals surface area contributed by atoms with Gasteiger partial charge in [0.2, 0.25) is 0 Å². The summed E-state index contributed by atoms with van der Waals surface area (Å²) in [5, 5.41) is 11.0. The van der Waals surface area contributed by atoms with Crippen LogP contribution >= 0.6 is 11.6 Å². The highest BCUT2D eigenvalue weighted by Crippen LogP contribution is 2.33. The normalized spacial score (nSPS) is 17.0. The molecule has 0 aliphatic carbocycles. The van der Waals surface area contributed by atoms with Crippen molar-refractivity contribution in [3.05, 3.63) is 64.7 Å². The highest BCUT2D eigenvalue weighted by Gasteiger charge is 2.30. The number of hydrogen-bond acceptors (Lipinski definition) is 5. The molecule has 232 valence electrons. The Bertz CT molecular complexity index is 1120. The van der Waals surface area contributed by atoms with E-state index >= 15 is 0 Å². The van der Waals surface area contributed by atoms with E-state index in [9.17, 15) is 27.9 Å². The molecule has 1 atom stereocenters. The number of likely N-dealkylation sites (tertiary alicyclic amines) is 1. The number of amides is 2. The molecule has 2 aliphatic rings. The van der Waals surface area contributed by atoms with E-state index < -0.39 is 12.8 Å². The lowest BCUT2D eigenvalue weighted by molar-refractivity contribution is -0.142. The Morgan fingerprint density at radius 3 is 2.12 bits per heavy atom. The summed E-state index contributed by atoms with van der Waals surface area (Å²) in [4.78, 5) is 31.3. The van der Waals surface area contributed by atoms with Gasteiger partial charge in [-0.3, -0.25) is 9.59 Å². The Labute approximate surface area is 251 Å². The van der Waals surface area contributed by atoms with Crippen LogP contribution in [-0.4, -0.2) is 86.9 Å². The van der Waals surface area contributed by atoms with Gasteiger partial charge in [-0.05, 0) is 67.7 Å². The number of carbonyl (C=O) groups is 2. The van der Waals surface area contributed by atoms with Gasteiger partial charge in [-0.1, -0.05) is 41.9 Å². The third-order valence-corrected chi connectivity index (χ3v) is 8.40. The minimum Gasteiger partial charge on any atom is -0.383 e. The van der Waals surface area contributed by atoms with Crippen LogP contribution in [0.15, 0.2) is 48.5 Å². The number of hydrogen-bond donors (Lipinski definition) is 1. The molecule has 2 fully saturated rings. The maximum absolute atomic E-state index is 12.8. The predicted molar refractivity (Wildman–Crippen MR) is 158 cm³/mol. The molecule has 42 heavy (non-hydrogen) atoms. The fourth-order valence-electron chi connectivity index (χ4n) is 5.65. The van der Waals surface area contributed by atoms with E-state index in [1.165, 1.54) is 6.42 Å². The zero-order chi connectivity index (χ0) is 30.6. The van der Waals surface area contributed by atoms with E-state index in [0.717, 1.165) is 57.5 Å². The molecule has 0 aromatic heterocycles. The van der Waals surface area contributed by atoms with Crippen molar-refractivity contribution in [1.82, 2.24) is 9.80 Å². The van der Waals surface area contributed by atoms with Gasteiger partial charge in [0.05, 0.1) is 17.2 Å². The van der Waals surface area contributed by atoms with Crippen LogP contribution in [0.1, 0.15) is 54.1 Å². The summed E-state index contributed by atoms with van der Waals surface area (Å²) in [5.41, 5.74) is 2.24. The summed E-state index contributed by atoms with van der Waals surface area (Å²) in [6, 6.07) is 14.9. The van der Waals surface area contributed by atoms with Crippen LogP contribution in [-0.2, 0) is 9.53 Å². The second-order valence-corrected chi connectivity index (χ2v) is 11.3. The van der Waals surface area contributed by atoms with Crippen molar-refractivity contribution in [3.8, 4) is 0 Å². The summed E-state index contributed by atoms with van der Waals surface area (Å²) in [5.74, 6) is 1.02. The van der Waals surface area contributed by atoms with Crippen molar-refractivity contribution in [2.45, 2.75) is 44.9 Å². The number of carbonyl (C=O) groups excluding carboxylic acids is 2. The first kappa shape index (κ1) is 33.7. The van der Waals surface area contributed by atoms with E-state index in [2.05, 4.69) is 4.90 Å². The molecule has 0 spiro atoms. The molecule has 11 heteroatoms. The maximum atomic E-state index is 12.8. The Kier molecular flexibility index (Phi) is 13.4. The van der Waals surface area contributed by atoms with Gasteiger partial charge < -0.3 is 24.5 Å². The van der Waals surface area contributed by atoms with Crippen LogP contribution in [0.3, 0.4) is 0 Å². The fraction of sp³-hybridized carbons (Fsp3) is 0.548. The van der Waals surface area contributed by atoms with E-state index in [4.69, 9.17) is 16.3 Å². The van der Waals surface area contributed by atoms with Gasteiger partial charge in [0, 0.05) is 52.6 Å². The molecule has 0 unspecified atom stereocenters. The van der Waals surface area contributed by atoms with Gasteiger partial charge in [-0.25, -0.2) is 0 Å². The molecule has 7 nitrogen and oxygen atoms in total. The number of likely N-dealkylation sites (N-methyl/N-ethyl adjacent to an activating group) is 1. The summed E-state index contributed by atoms with van der Waals surface area (Å²) in [7, 11) is 3.38. The number of benzene rings is 2. The van der Waals surface area contributed by atoms with Crippen LogP contribution < -0.4 is 4.90 Å². The monoisotopic (exact) mass is 611 g/mol. The molecule has 0 saturated carbocycles. The number of rotatable bonds is 9. The lowest BCUT2D eigenvalue weighted by atomic mass is 9.82. The molecular formula is C31H41ClF3N3O4. The number of aliphatic hydroxyl groups is 1. The third kappa shape index (κ3) is 9.88. The van der Waals surface area contributed by atoms with Gasteiger partial charge >= 0.3 is 6.68 Å². The number of ether oxygens (including phenoxy) is 1. The maximum Gasteiger partial charge on any atom is 0.379 e. The molecule has 0 radical (unpaired) electrons. The van der Waals surface area contributed by atoms with Crippen molar-refractivity contribution in [2.75, 3.05) is 58.4 Å². The van der Waals surface area contributed by atoms with Gasteiger partial charge in [-0.15, -0.1) is 0 Å². The summed E-state index contributed by atoms with van der Waals surface area (Å²) in [6.45, 7) is 0.728. The smallest absolute Gasteiger partial charge is 0.379 e. The van der Waals surface area contributed by atoms with E-state index in [-0.39, 0.29) is 11.8 Å². The van der Waals surface area contributed by atoms with Crippen LogP contribution in [0.4, 0.5) is 18.9 Å². The number of halogens is 4. The second kappa shape index (κ2) is 16.7. The molecule has 2 aliphatic heterocycles. The first-order valence-electron chi connectivity index (χ1n) is 14.3. The van der Waals surface area contributed by atoms with Gasteiger partial charge in [0.15, 0.2) is 6.10 Å². The molecule has 2 aromatic rings. The Hall–Kier alpha value is -2.82. The minimum atomic E-state index is -3.67. The molecule has 2 saturated heterocycles.